The molecular formula is C11H7Br2ClN2. The number of benzene rings is 1. The number of hydrogen-bond donors (Lipinski definition) is 0. The van der Waals surface area contributed by atoms with E-state index in [4.69, 9.17) is 11.6 Å². The second-order valence-corrected chi connectivity index (χ2v) is 6.56. The highest BCUT2D eigenvalue weighted by molar-refractivity contribution is 9.24. The van der Waals surface area contributed by atoms with Gasteiger partial charge in [-0.3, -0.25) is 0 Å². The Labute approximate surface area is 115 Å². The van der Waals surface area contributed by atoms with Crippen LogP contribution < -0.4 is 0 Å². The van der Waals surface area contributed by atoms with Crippen LogP contribution in [0.2, 0.25) is 5.15 Å². The molecule has 2 nitrogen and oxygen atoms in total. The lowest BCUT2D eigenvalue weighted by Gasteiger charge is -2.06. The molecular weight excluding hydrogens is 355 g/mol. The van der Waals surface area contributed by atoms with Gasteiger partial charge in [-0.2, -0.15) is 0 Å². The lowest BCUT2D eigenvalue weighted by Crippen LogP contribution is -1.93. The van der Waals surface area contributed by atoms with Crippen molar-refractivity contribution in [1.82, 2.24) is 10.2 Å². The fourth-order valence-corrected chi connectivity index (χ4v) is 2.46. The zero-order chi connectivity index (χ0) is 11.5. The zero-order valence-electron chi connectivity index (χ0n) is 8.07. The second-order valence-electron chi connectivity index (χ2n) is 3.14. The number of aromatic nitrogens is 2. The molecule has 0 aliphatic carbocycles. The first-order valence-electron chi connectivity index (χ1n) is 4.55. The van der Waals surface area contributed by atoms with Gasteiger partial charge in [0.25, 0.3) is 0 Å². The van der Waals surface area contributed by atoms with E-state index >= 15 is 0 Å². The first-order valence-corrected chi connectivity index (χ1v) is 6.76. The van der Waals surface area contributed by atoms with Crippen LogP contribution in [0.15, 0.2) is 36.4 Å². The van der Waals surface area contributed by atoms with Crippen molar-refractivity contribution in [2.75, 3.05) is 0 Å². The molecule has 1 aromatic carbocycles. The Balaban J connectivity index is 2.48. The van der Waals surface area contributed by atoms with Gasteiger partial charge in [-0.25, -0.2) is 0 Å². The lowest BCUT2D eigenvalue weighted by molar-refractivity contribution is 1.02. The summed E-state index contributed by atoms with van der Waals surface area (Å²) in [6, 6.07) is 11.8. The summed E-state index contributed by atoms with van der Waals surface area (Å²) in [6.45, 7) is 0. The molecule has 2 aromatic rings. The first-order chi connectivity index (χ1) is 7.68. The van der Waals surface area contributed by atoms with Crippen molar-refractivity contribution in [2.24, 2.45) is 0 Å². The number of rotatable bonds is 2. The summed E-state index contributed by atoms with van der Waals surface area (Å²) in [7, 11) is 0. The average Bonchev–Trinajstić information content (AvgIpc) is 2.30. The van der Waals surface area contributed by atoms with E-state index in [1.807, 2.05) is 36.4 Å². The topological polar surface area (TPSA) is 25.8 Å². The number of nitrogens with zero attached hydrogens (tertiary/aromatic N) is 2. The summed E-state index contributed by atoms with van der Waals surface area (Å²) in [5.74, 6) is 0. The van der Waals surface area contributed by atoms with Crippen molar-refractivity contribution in [2.45, 2.75) is 3.74 Å². The van der Waals surface area contributed by atoms with Gasteiger partial charge in [0, 0.05) is 11.1 Å². The highest BCUT2D eigenvalue weighted by atomic mass is 79.9. The van der Waals surface area contributed by atoms with Crippen LogP contribution in [0.1, 0.15) is 9.30 Å². The van der Waals surface area contributed by atoms with Crippen molar-refractivity contribution in [3.63, 3.8) is 0 Å². The summed E-state index contributed by atoms with van der Waals surface area (Å²) < 4.78 is -0.0227. The minimum absolute atomic E-state index is 0.0227. The molecule has 0 bridgehead atoms. The lowest BCUT2D eigenvalue weighted by atomic mass is 10.1. The predicted octanol–water partition coefficient (Wildman–Crippen LogP) is 4.59. The van der Waals surface area contributed by atoms with Gasteiger partial charge in [-0.05, 0) is 6.07 Å². The number of hydrogen-bond acceptors (Lipinski definition) is 2. The molecule has 0 amide bonds. The molecule has 0 saturated carbocycles. The second kappa shape index (κ2) is 5.25. The quantitative estimate of drug-likeness (QED) is 0.731. The van der Waals surface area contributed by atoms with E-state index in [1.54, 1.807) is 0 Å². The van der Waals surface area contributed by atoms with Crippen LogP contribution in [0, 0.1) is 0 Å². The molecule has 0 N–H and O–H groups in total. The predicted molar refractivity (Wildman–Crippen MR) is 73.1 cm³/mol. The van der Waals surface area contributed by atoms with Crippen LogP contribution >= 0.6 is 43.5 Å². The van der Waals surface area contributed by atoms with Gasteiger partial charge in [-0.15, -0.1) is 10.2 Å². The molecule has 0 spiro atoms. The van der Waals surface area contributed by atoms with Crippen LogP contribution in [0.3, 0.4) is 0 Å². The summed E-state index contributed by atoms with van der Waals surface area (Å²) in [5.41, 5.74) is 2.70. The van der Waals surface area contributed by atoms with Crippen LogP contribution in [-0.2, 0) is 0 Å². The Morgan fingerprint density at radius 2 is 1.75 bits per heavy atom. The first kappa shape index (κ1) is 12.0. The largest absolute Gasteiger partial charge is 0.156 e. The van der Waals surface area contributed by atoms with Crippen LogP contribution in [-0.4, -0.2) is 10.2 Å². The monoisotopic (exact) mass is 360 g/mol. The summed E-state index contributed by atoms with van der Waals surface area (Å²) in [4.78, 5) is 0. The van der Waals surface area contributed by atoms with Crippen LogP contribution in [0.4, 0.5) is 0 Å². The highest BCUT2D eigenvalue weighted by Gasteiger charge is 2.11. The molecule has 0 aliphatic heterocycles. The van der Waals surface area contributed by atoms with Gasteiger partial charge in [0.05, 0.1) is 9.43 Å². The van der Waals surface area contributed by atoms with Crippen LogP contribution in [0.5, 0.6) is 0 Å². The fourth-order valence-electron chi connectivity index (χ4n) is 1.29. The van der Waals surface area contributed by atoms with E-state index in [0.717, 1.165) is 16.8 Å². The molecule has 0 aliphatic rings. The van der Waals surface area contributed by atoms with Gasteiger partial charge in [0.1, 0.15) is 0 Å². The Kier molecular flexibility index (Phi) is 3.95. The van der Waals surface area contributed by atoms with Crippen molar-refractivity contribution < 1.29 is 0 Å². The minimum atomic E-state index is -0.0227. The highest BCUT2D eigenvalue weighted by Crippen LogP contribution is 2.34. The number of halogens is 3. The van der Waals surface area contributed by atoms with E-state index in [1.165, 1.54) is 0 Å². The molecule has 0 radical (unpaired) electrons. The summed E-state index contributed by atoms with van der Waals surface area (Å²) in [5, 5.41) is 8.40. The third-order valence-corrected chi connectivity index (χ3v) is 3.36. The summed E-state index contributed by atoms with van der Waals surface area (Å²) in [6.07, 6.45) is 0. The molecule has 0 atom stereocenters. The molecule has 1 aromatic heterocycles. The molecule has 0 unspecified atom stereocenters. The van der Waals surface area contributed by atoms with Crippen molar-refractivity contribution in [3.8, 4) is 11.3 Å². The third-order valence-electron chi connectivity index (χ3n) is 2.08. The van der Waals surface area contributed by atoms with E-state index in [-0.39, 0.29) is 3.74 Å². The fraction of sp³-hybridized carbons (Fsp3) is 0.0909. The third kappa shape index (κ3) is 2.62. The van der Waals surface area contributed by atoms with E-state index in [0.29, 0.717) is 5.15 Å². The normalized spacial score (nSPS) is 10.8. The Morgan fingerprint density at radius 3 is 2.38 bits per heavy atom. The molecule has 0 fully saturated rings. The maximum atomic E-state index is 5.95. The molecule has 5 heteroatoms. The molecule has 82 valence electrons. The Morgan fingerprint density at radius 1 is 1.06 bits per heavy atom. The van der Waals surface area contributed by atoms with E-state index < -0.39 is 0 Å². The van der Waals surface area contributed by atoms with Gasteiger partial charge >= 0.3 is 0 Å². The molecule has 2 rings (SSSR count). The van der Waals surface area contributed by atoms with E-state index in [9.17, 15) is 0 Å². The maximum Gasteiger partial charge on any atom is 0.156 e. The SMILES string of the molecule is Clc1nnc(-c2ccccc2)cc1C(Br)Br. The standard InChI is InChI=1S/C11H7Br2ClN2/c12-10(13)8-6-9(15-16-11(8)14)7-4-2-1-3-5-7/h1-6,10H. The van der Waals surface area contributed by atoms with Crippen LogP contribution in [0.25, 0.3) is 11.3 Å². The Hall–Kier alpha value is -0.450. The zero-order valence-corrected chi connectivity index (χ0v) is 12.0. The van der Waals surface area contributed by atoms with E-state index in [2.05, 4.69) is 42.1 Å². The Bertz CT molecular complexity index is 489. The smallest absolute Gasteiger partial charge is 0.149 e. The summed E-state index contributed by atoms with van der Waals surface area (Å²) >= 11 is 12.8. The maximum absolute atomic E-state index is 5.95. The molecule has 16 heavy (non-hydrogen) atoms. The van der Waals surface area contributed by atoms with Gasteiger partial charge in [0.2, 0.25) is 0 Å². The van der Waals surface area contributed by atoms with Crippen molar-refractivity contribution >= 4 is 43.5 Å². The minimum Gasteiger partial charge on any atom is -0.149 e. The van der Waals surface area contributed by atoms with Gasteiger partial charge in [0.15, 0.2) is 5.15 Å². The molecule has 0 saturated heterocycles. The van der Waals surface area contributed by atoms with Crippen molar-refractivity contribution in [1.29, 1.82) is 0 Å². The average molecular weight is 362 g/mol. The molecule has 1 heterocycles. The van der Waals surface area contributed by atoms with Crippen molar-refractivity contribution in [3.05, 3.63) is 47.1 Å². The number of alkyl halides is 2. The van der Waals surface area contributed by atoms with Gasteiger partial charge in [-0.1, -0.05) is 73.8 Å². The van der Waals surface area contributed by atoms with Gasteiger partial charge < -0.3 is 0 Å².